The summed E-state index contributed by atoms with van der Waals surface area (Å²) in [6, 6.07) is 8.68. The van der Waals surface area contributed by atoms with Crippen molar-refractivity contribution in [2.45, 2.75) is 44.9 Å². The molecule has 3 heteroatoms. The molecule has 4 atom stereocenters. The van der Waals surface area contributed by atoms with Gasteiger partial charge in [-0.05, 0) is 66.7 Å². The van der Waals surface area contributed by atoms with Crippen LogP contribution in [0.1, 0.15) is 49.7 Å². The summed E-state index contributed by atoms with van der Waals surface area (Å²) in [4.78, 5) is 0. The fourth-order valence-corrected chi connectivity index (χ4v) is 4.74. The first kappa shape index (κ1) is 15.3. The molecule has 0 radical (unpaired) electrons. The van der Waals surface area contributed by atoms with Crippen molar-refractivity contribution >= 4 is 0 Å². The van der Waals surface area contributed by atoms with E-state index in [2.05, 4.69) is 18.2 Å². The molecule has 1 saturated carbocycles. The average molecular weight is 301 g/mol. The third kappa shape index (κ3) is 2.39. The molecule has 1 aromatic carbocycles. The second kappa shape index (κ2) is 5.91. The number of nitrogens with zero attached hydrogens (tertiary/aromatic N) is 1. The van der Waals surface area contributed by atoms with E-state index < -0.39 is 0 Å². The topological polar surface area (TPSA) is 33.0 Å². The maximum absolute atomic E-state index is 13.7. The van der Waals surface area contributed by atoms with E-state index in [1.54, 1.807) is 7.11 Å². The van der Waals surface area contributed by atoms with Crippen LogP contribution >= 0.6 is 0 Å². The predicted octanol–water partition coefficient (Wildman–Crippen LogP) is 4.64. The monoisotopic (exact) mass is 301 g/mol. The van der Waals surface area contributed by atoms with Gasteiger partial charge in [-0.15, -0.1) is 0 Å². The van der Waals surface area contributed by atoms with Gasteiger partial charge < -0.3 is 4.74 Å². The number of ether oxygens (including phenoxy) is 1. The molecular weight excluding hydrogens is 277 g/mol. The molecule has 3 rings (SSSR count). The highest BCUT2D eigenvalue weighted by Crippen LogP contribution is 2.56. The second-order valence-corrected chi connectivity index (χ2v) is 7.17. The summed E-state index contributed by atoms with van der Waals surface area (Å²) in [5, 5.41) is 9.21. The standard InChI is InChI=1S/C19H24FNO/c1-19(12-20)9-7-16-15-6-4-14(22-2)11-13(15)3-5-17(16)18(19)8-10-21/h4,6,11,16-18H,3,5,7-9,12H2,1-2H3/t16-,17-,18+,19-/m0/s1. The van der Waals surface area contributed by atoms with Crippen molar-refractivity contribution in [2.24, 2.45) is 17.3 Å². The highest BCUT2D eigenvalue weighted by atomic mass is 19.1. The fourth-order valence-electron chi connectivity index (χ4n) is 4.74. The van der Waals surface area contributed by atoms with Gasteiger partial charge in [-0.1, -0.05) is 13.0 Å². The molecule has 118 valence electrons. The summed E-state index contributed by atoms with van der Waals surface area (Å²) in [5.74, 6) is 2.01. The molecular formula is C19H24FNO. The van der Waals surface area contributed by atoms with Gasteiger partial charge in [0.2, 0.25) is 0 Å². The number of fused-ring (bicyclic) bond motifs is 3. The van der Waals surface area contributed by atoms with Crippen LogP contribution in [0, 0.1) is 28.6 Å². The van der Waals surface area contributed by atoms with Crippen LogP contribution in [0.4, 0.5) is 4.39 Å². The van der Waals surface area contributed by atoms with Crippen LogP contribution in [0.25, 0.3) is 0 Å². The Bertz CT molecular complexity index is 594. The van der Waals surface area contributed by atoms with Crippen molar-refractivity contribution < 1.29 is 9.13 Å². The molecule has 0 unspecified atom stereocenters. The Labute approximate surface area is 132 Å². The van der Waals surface area contributed by atoms with Crippen LogP contribution in [0.3, 0.4) is 0 Å². The summed E-state index contributed by atoms with van der Waals surface area (Å²) >= 11 is 0. The molecule has 2 nitrogen and oxygen atoms in total. The third-order valence-corrected chi connectivity index (χ3v) is 6.07. The lowest BCUT2D eigenvalue weighted by atomic mass is 9.54. The summed E-state index contributed by atoms with van der Waals surface area (Å²) in [5.41, 5.74) is 2.46. The number of rotatable bonds is 3. The summed E-state index contributed by atoms with van der Waals surface area (Å²) in [6.45, 7) is 1.73. The molecule has 0 heterocycles. The Morgan fingerprint density at radius 3 is 2.91 bits per heavy atom. The second-order valence-electron chi connectivity index (χ2n) is 7.17. The SMILES string of the molecule is COc1ccc2c(c1)CC[C@@H]1[C@@H](CC#N)[C@](C)(CF)CC[C@@H]21. The van der Waals surface area contributed by atoms with Crippen LogP contribution in [0.15, 0.2) is 18.2 Å². The molecule has 2 aliphatic rings. The Hall–Kier alpha value is -1.56. The molecule has 0 N–H and O–H groups in total. The molecule has 22 heavy (non-hydrogen) atoms. The lowest BCUT2D eigenvalue weighted by molar-refractivity contribution is 0.0147. The number of nitriles is 1. The first-order chi connectivity index (χ1) is 10.6. The van der Waals surface area contributed by atoms with Gasteiger partial charge in [-0.3, -0.25) is 4.39 Å². The van der Waals surface area contributed by atoms with Crippen molar-refractivity contribution in [3.8, 4) is 11.8 Å². The zero-order chi connectivity index (χ0) is 15.7. The number of benzene rings is 1. The summed E-state index contributed by atoms with van der Waals surface area (Å²) in [6.07, 6.45) is 4.46. The van der Waals surface area contributed by atoms with Gasteiger partial charge >= 0.3 is 0 Å². The van der Waals surface area contributed by atoms with Crippen LogP contribution in [0.5, 0.6) is 5.75 Å². The number of alkyl halides is 1. The Morgan fingerprint density at radius 2 is 2.23 bits per heavy atom. The molecule has 0 spiro atoms. The van der Waals surface area contributed by atoms with Crippen molar-refractivity contribution in [3.63, 3.8) is 0 Å². The largest absolute Gasteiger partial charge is 0.497 e. The molecule has 2 aliphatic carbocycles. The highest BCUT2D eigenvalue weighted by molar-refractivity contribution is 5.40. The van der Waals surface area contributed by atoms with E-state index >= 15 is 0 Å². The molecule has 0 aromatic heterocycles. The number of hydrogen-bond acceptors (Lipinski definition) is 2. The minimum atomic E-state index is -0.319. The van der Waals surface area contributed by atoms with Gasteiger partial charge in [0.25, 0.3) is 0 Å². The smallest absolute Gasteiger partial charge is 0.119 e. The molecule has 0 saturated heterocycles. The number of hydrogen-bond donors (Lipinski definition) is 0. The van der Waals surface area contributed by atoms with Gasteiger partial charge in [0.15, 0.2) is 0 Å². The highest BCUT2D eigenvalue weighted by Gasteiger charge is 2.48. The lowest BCUT2D eigenvalue weighted by Gasteiger charge is -2.50. The van der Waals surface area contributed by atoms with Crippen LogP contribution < -0.4 is 4.74 Å². The Kier molecular flexibility index (Phi) is 4.12. The van der Waals surface area contributed by atoms with Gasteiger partial charge in [-0.25, -0.2) is 0 Å². The molecule has 0 aliphatic heterocycles. The van der Waals surface area contributed by atoms with E-state index in [9.17, 15) is 9.65 Å². The molecule has 0 amide bonds. The van der Waals surface area contributed by atoms with Crippen LogP contribution in [-0.4, -0.2) is 13.8 Å². The summed E-state index contributed by atoms with van der Waals surface area (Å²) in [7, 11) is 1.70. The van der Waals surface area contributed by atoms with E-state index in [1.807, 2.05) is 13.0 Å². The van der Waals surface area contributed by atoms with Gasteiger partial charge in [-0.2, -0.15) is 5.26 Å². The molecule has 1 aromatic rings. The maximum Gasteiger partial charge on any atom is 0.119 e. The molecule has 1 fully saturated rings. The van der Waals surface area contributed by atoms with Gasteiger partial charge in [0.05, 0.1) is 19.9 Å². The van der Waals surface area contributed by atoms with Crippen molar-refractivity contribution in [3.05, 3.63) is 29.3 Å². The average Bonchev–Trinajstić information content (AvgIpc) is 2.56. The van der Waals surface area contributed by atoms with Gasteiger partial charge in [0.1, 0.15) is 5.75 Å². The van der Waals surface area contributed by atoms with E-state index in [4.69, 9.17) is 4.74 Å². The van der Waals surface area contributed by atoms with E-state index in [1.165, 1.54) is 11.1 Å². The lowest BCUT2D eigenvalue weighted by Crippen LogP contribution is -2.43. The normalized spacial score (nSPS) is 33.5. The van der Waals surface area contributed by atoms with Crippen molar-refractivity contribution in [1.29, 1.82) is 5.26 Å². The predicted molar refractivity (Wildman–Crippen MR) is 84.6 cm³/mol. The maximum atomic E-state index is 13.7. The molecule has 0 bridgehead atoms. The zero-order valence-corrected chi connectivity index (χ0v) is 13.4. The van der Waals surface area contributed by atoms with Crippen molar-refractivity contribution in [2.75, 3.05) is 13.8 Å². The van der Waals surface area contributed by atoms with E-state index in [-0.39, 0.29) is 18.0 Å². The first-order valence-electron chi connectivity index (χ1n) is 8.22. The number of aryl methyl sites for hydroxylation is 1. The van der Waals surface area contributed by atoms with Gasteiger partial charge in [0, 0.05) is 11.8 Å². The number of halogens is 1. The Morgan fingerprint density at radius 1 is 1.41 bits per heavy atom. The third-order valence-electron chi connectivity index (χ3n) is 6.07. The Balaban J connectivity index is 1.95. The van der Waals surface area contributed by atoms with E-state index in [0.29, 0.717) is 18.3 Å². The minimum absolute atomic E-state index is 0.177. The summed E-state index contributed by atoms with van der Waals surface area (Å²) < 4.78 is 19.0. The zero-order valence-electron chi connectivity index (χ0n) is 13.4. The first-order valence-corrected chi connectivity index (χ1v) is 8.22. The minimum Gasteiger partial charge on any atom is -0.497 e. The van der Waals surface area contributed by atoms with Crippen molar-refractivity contribution in [1.82, 2.24) is 0 Å². The van der Waals surface area contributed by atoms with Crippen LogP contribution in [0.2, 0.25) is 0 Å². The quantitative estimate of drug-likeness (QED) is 0.814. The fraction of sp³-hybridized carbons (Fsp3) is 0.632. The number of methoxy groups -OCH3 is 1. The van der Waals surface area contributed by atoms with E-state index in [0.717, 1.165) is 31.4 Å². The van der Waals surface area contributed by atoms with Crippen LogP contribution in [-0.2, 0) is 6.42 Å².